The van der Waals surface area contributed by atoms with Crippen LogP contribution in [0.1, 0.15) is 19.3 Å². The van der Waals surface area contributed by atoms with Crippen molar-refractivity contribution in [3.63, 3.8) is 0 Å². The molecule has 0 saturated heterocycles. The standard InChI is InChI=1S/C12H19FN2O3S/c1-18-8-4-2-3-7-15-19(16,17)12-6-5-10(14)9-11(12)13/h5-6,9,15H,2-4,7-8,14H2,1H3. The Morgan fingerprint density at radius 3 is 2.68 bits per heavy atom. The summed E-state index contributed by atoms with van der Waals surface area (Å²) in [7, 11) is -2.19. The molecule has 19 heavy (non-hydrogen) atoms. The van der Waals surface area contributed by atoms with E-state index >= 15 is 0 Å². The molecule has 1 aromatic rings. The van der Waals surface area contributed by atoms with Gasteiger partial charge in [0.25, 0.3) is 0 Å². The Kier molecular flexibility index (Phi) is 6.20. The number of benzene rings is 1. The van der Waals surface area contributed by atoms with Crippen LogP contribution in [0.25, 0.3) is 0 Å². The van der Waals surface area contributed by atoms with E-state index in [4.69, 9.17) is 10.5 Å². The zero-order chi connectivity index (χ0) is 14.3. The van der Waals surface area contributed by atoms with Crippen LogP contribution in [0.4, 0.5) is 10.1 Å². The molecule has 0 spiro atoms. The molecule has 0 aliphatic heterocycles. The van der Waals surface area contributed by atoms with E-state index in [1.807, 2.05) is 0 Å². The van der Waals surface area contributed by atoms with Crippen molar-refractivity contribution >= 4 is 15.7 Å². The summed E-state index contributed by atoms with van der Waals surface area (Å²) in [5, 5.41) is 0. The molecule has 0 unspecified atom stereocenters. The predicted molar refractivity (Wildman–Crippen MR) is 71.7 cm³/mol. The number of anilines is 1. The number of rotatable bonds is 8. The minimum atomic E-state index is -3.81. The summed E-state index contributed by atoms with van der Waals surface area (Å²) >= 11 is 0. The molecule has 0 bridgehead atoms. The lowest BCUT2D eigenvalue weighted by atomic mass is 10.2. The van der Waals surface area contributed by atoms with Crippen LogP contribution in [0.5, 0.6) is 0 Å². The first-order chi connectivity index (χ1) is 8.97. The van der Waals surface area contributed by atoms with Gasteiger partial charge in [0.2, 0.25) is 10.0 Å². The summed E-state index contributed by atoms with van der Waals surface area (Å²) in [6, 6.07) is 3.52. The van der Waals surface area contributed by atoms with Gasteiger partial charge in [0, 0.05) is 25.9 Å². The van der Waals surface area contributed by atoms with Crippen LogP contribution in [0, 0.1) is 5.82 Å². The highest BCUT2D eigenvalue weighted by Crippen LogP contribution is 2.16. The number of hydrogen-bond acceptors (Lipinski definition) is 4. The van der Waals surface area contributed by atoms with Gasteiger partial charge in [-0.2, -0.15) is 0 Å². The fourth-order valence-electron chi connectivity index (χ4n) is 1.57. The molecular formula is C12H19FN2O3S. The second-order valence-electron chi connectivity index (χ2n) is 4.14. The summed E-state index contributed by atoms with van der Waals surface area (Å²) < 4.78 is 44.4. The third-order valence-corrected chi connectivity index (χ3v) is 4.06. The number of unbranched alkanes of at least 4 members (excludes halogenated alkanes) is 2. The van der Waals surface area contributed by atoms with Crippen LogP contribution in [-0.4, -0.2) is 28.7 Å². The Morgan fingerprint density at radius 1 is 1.32 bits per heavy atom. The highest BCUT2D eigenvalue weighted by molar-refractivity contribution is 7.89. The van der Waals surface area contributed by atoms with Gasteiger partial charge in [-0.15, -0.1) is 0 Å². The van der Waals surface area contributed by atoms with E-state index < -0.39 is 15.8 Å². The zero-order valence-electron chi connectivity index (χ0n) is 10.9. The fourth-order valence-corrected chi connectivity index (χ4v) is 2.70. The third-order valence-electron chi connectivity index (χ3n) is 2.56. The summed E-state index contributed by atoms with van der Waals surface area (Å²) in [6.45, 7) is 0.926. The Bertz CT molecular complexity index is 506. The van der Waals surface area contributed by atoms with Crippen molar-refractivity contribution in [2.24, 2.45) is 0 Å². The first kappa shape index (κ1) is 15.9. The summed E-state index contributed by atoms with van der Waals surface area (Å²) in [5.41, 5.74) is 5.56. The highest BCUT2D eigenvalue weighted by Gasteiger charge is 2.18. The Balaban J connectivity index is 2.52. The van der Waals surface area contributed by atoms with Crippen molar-refractivity contribution in [3.05, 3.63) is 24.0 Å². The van der Waals surface area contributed by atoms with Crippen LogP contribution in [0.15, 0.2) is 23.1 Å². The van der Waals surface area contributed by atoms with Gasteiger partial charge in [-0.1, -0.05) is 0 Å². The normalized spacial score (nSPS) is 11.7. The molecular weight excluding hydrogens is 271 g/mol. The minimum Gasteiger partial charge on any atom is -0.399 e. The molecule has 108 valence electrons. The Hall–Kier alpha value is -1.18. The predicted octanol–water partition coefficient (Wildman–Crippen LogP) is 1.50. The average Bonchev–Trinajstić information content (AvgIpc) is 2.33. The van der Waals surface area contributed by atoms with E-state index in [1.165, 1.54) is 6.07 Å². The lowest BCUT2D eigenvalue weighted by Crippen LogP contribution is -2.25. The summed E-state index contributed by atoms with van der Waals surface area (Å²) in [4.78, 5) is -0.376. The maximum Gasteiger partial charge on any atom is 0.243 e. The molecule has 5 nitrogen and oxygen atoms in total. The van der Waals surface area contributed by atoms with Gasteiger partial charge >= 0.3 is 0 Å². The maximum absolute atomic E-state index is 13.5. The summed E-state index contributed by atoms with van der Waals surface area (Å²) in [5.74, 6) is -0.841. The first-order valence-corrected chi connectivity index (χ1v) is 7.49. The number of hydrogen-bond donors (Lipinski definition) is 2. The van der Waals surface area contributed by atoms with Gasteiger partial charge in [0.05, 0.1) is 0 Å². The second-order valence-corrected chi connectivity index (χ2v) is 5.88. The molecule has 1 aromatic carbocycles. The Morgan fingerprint density at radius 2 is 2.05 bits per heavy atom. The number of ether oxygens (including phenoxy) is 1. The van der Waals surface area contributed by atoms with E-state index in [2.05, 4.69) is 4.72 Å². The molecule has 0 radical (unpaired) electrons. The van der Waals surface area contributed by atoms with Gasteiger partial charge in [0.15, 0.2) is 0 Å². The van der Waals surface area contributed by atoms with Crippen molar-refractivity contribution in [1.29, 1.82) is 0 Å². The second kappa shape index (κ2) is 7.42. The molecule has 3 N–H and O–H groups in total. The number of halogens is 1. The van der Waals surface area contributed by atoms with E-state index in [0.717, 1.165) is 25.0 Å². The minimum absolute atomic E-state index is 0.191. The van der Waals surface area contributed by atoms with Gasteiger partial charge in [-0.25, -0.2) is 17.5 Å². The Labute approximate surface area is 113 Å². The molecule has 0 amide bonds. The zero-order valence-corrected chi connectivity index (χ0v) is 11.7. The molecule has 0 fully saturated rings. The maximum atomic E-state index is 13.5. The third kappa shape index (κ3) is 5.14. The largest absolute Gasteiger partial charge is 0.399 e. The molecule has 0 atom stereocenters. The molecule has 0 aliphatic carbocycles. The van der Waals surface area contributed by atoms with Crippen LogP contribution in [0.3, 0.4) is 0 Å². The van der Waals surface area contributed by atoms with Crippen LogP contribution < -0.4 is 10.5 Å². The summed E-state index contributed by atoms with van der Waals surface area (Å²) in [6.07, 6.45) is 2.40. The van der Waals surface area contributed by atoms with Crippen LogP contribution in [-0.2, 0) is 14.8 Å². The van der Waals surface area contributed by atoms with Crippen molar-refractivity contribution in [3.8, 4) is 0 Å². The number of nitrogens with one attached hydrogen (secondary N) is 1. The molecule has 0 aromatic heterocycles. The lowest BCUT2D eigenvalue weighted by molar-refractivity contribution is 0.192. The number of nitrogen functional groups attached to an aromatic ring is 1. The van der Waals surface area contributed by atoms with Gasteiger partial charge in [0.1, 0.15) is 10.7 Å². The first-order valence-electron chi connectivity index (χ1n) is 6.01. The van der Waals surface area contributed by atoms with E-state index in [-0.39, 0.29) is 17.1 Å². The molecule has 7 heteroatoms. The number of methoxy groups -OCH3 is 1. The van der Waals surface area contributed by atoms with E-state index in [1.54, 1.807) is 7.11 Å². The number of sulfonamides is 1. The van der Waals surface area contributed by atoms with Gasteiger partial charge in [-0.05, 0) is 37.5 Å². The van der Waals surface area contributed by atoms with Crippen molar-refractivity contribution in [1.82, 2.24) is 4.72 Å². The fraction of sp³-hybridized carbons (Fsp3) is 0.500. The van der Waals surface area contributed by atoms with Crippen LogP contribution >= 0.6 is 0 Å². The quantitative estimate of drug-likeness (QED) is 0.561. The molecule has 0 heterocycles. The average molecular weight is 290 g/mol. The van der Waals surface area contributed by atoms with Crippen LogP contribution in [0.2, 0.25) is 0 Å². The topological polar surface area (TPSA) is 81.4 Å². The van der Waals surface area contributed by atoms with Crippen molar-refractivity contribution in [2.75, 3.05) is 26.0 Å². The van der Waals surface area contributed by atoms with Crippen molar-refractivity contribution < 1.29 is 17.5 Å². The molecule has 0 saturated carbocycles. The van der Waals surface area contributed by atoms with E-state index in [9.17, 15) is 12.8 Å². The van der Waals surface area contributed by atoms with Crippen molar-refractivity contribution in [2.45, 2.75) is 24.2 Å². The highest BCUT2D eigenvalue weighted by atomic mass is 32.2. The molecule has 0 aliphatic rings. The molecule has 1 rings (SSSR count). The lowest BCUT2D eigenvalue weighted by Gasteiger charge is -2.08. The SMILES string of the molecule is COCCCCCNS(=O)(=O)c1ccc(N)cc1F. The monoisotopic (exact) mass is 290 g/mol. The van der Waals surface area contributed by atoms with Gasteiger partial charge in [-0.3, -0.25) is 0 Å². The number of nitrogens with two attached hydrogens (primary N) is 1. The van der Waals surface area contributed by atoms with E-state index in [0.29, 0.717) is 13.0 Å². The smallest absolute Gasteiger partial charge is 0.243 e. The van der Waals surface area contributed by atoms with Gasteiger partial charge < -0.3 is 10.5 Å².